The molecule has 1 aromatic carbocycles. The molecule has 0 spiro atoms. The maximum absolute atomic E-state index is 12.4. The summed E-state index contributed by atoms with van der Waals surface area (Å²) in [6, 6.07) is 10.3. The summed E-state index contributed by atoms with van der Waals surface area (Å²) >= 11 is 0. The first-order valence-electron chi connectivity index (χ1n) is 7.75. The summed E-state index contributed by atoms with van der Waals surface area (Å²) in [6.07, 6.45) is 3.21. The average Bonchev–Trinajstić information content (AvgIpc) is 2.62. The van der Waals surface area contributed by atoms with Crippen LogP contribution in [0.3, 0.4) is 0 Å². The van der Waals surface area contributed by atoms with Crippen molar-refractivity contribution >= 4 is 17.8 Å². The number of nitrogens with zero attached hydrogens (tertiary/aromatic N) is 1. The van der Waals surface area contributed by atoms with Crippen LogP contribution in [0.4, 0.5) is 0 Å². The third-order valence-electron chi connectivity index (χ3n) is 3.58. The number of benzene rings is 1. The Morgan fingerprint density at radius 2 is 1.68 bits per heavy atom. The maximum atomic E-state index is 12.4. The number of pyridine rings is 1. The summed E-state index contributed by atoms with van der Waals surface area (Å²) in [7, 11) is 0. The lowest BCUT2D eigenvalue weighted by molar-refractivity contribution is -0.141. The Balaban J connectivity index is 2.15. The van der Waals surface area contributed by atoms with Gasteiger partial charge in [-0.05, 0) is 24.6 Å². The van der Waals surface area contributed by atoms with E-state index in [0.717, 1.165) is 5.56 Å². The topological polar surface area (TPSA) is 108 Å². The number of carboxylic acid groups (broad SMARTS) is 1. The molecule has 25 heavy (non-hydrogen) atoms. The van der Waals surface area contributed by atoms with Gasteiger partial charge in [0.2, 0.25) is 5.91 Å². The van der Waals surface area contributed by atoms with E-state index >= 15 is 0 Å². The molecule has 0 unspecified atom stereocenters. The van der Waals surface area contributed by atoms with E-state index in [0.29, 0.717) is 5.56 Å². The van der Waals surface area contributed by atoms with E-state index < -0.39 is 29.9 Å². The Morgan fingerprint density at radius 1 is 1.04 bits per heavy atom. The zero-order valence-corrected chi connectivity index (χ0v) is 13.7. The summed E-state index contributed by atoms with van der Waals surface area (Å²) < 4.78 is 0. The number of aliphatic carboxylic acids is 1. The molecule has 2 atom stereocenters. The average molecular weight is 341 g/mol. The van der Waals surface area contributed by atoms with Gasteiger partial charge >= 0.3 is 5.97 Å². The molecule has 0 aliphatic heterocycles. The van der Waals surface area contributed by atoms with Crippen molar-refractivity contribution in [1.82, 2.24) is 15.6 Å². The van der Waals surface area contributed by atoms with Crippen molar-refractivity contribution in [3.8, 4) is 0 Å². The van der Waals surface area contributed by atoms with Gasteiger partial charge in [0, 0.05) is 24.4 Å². The van der Waals surface area contributed by atoms with Crippen LogP contribution in [0.25, 0.3) is 0 Å². The molecule has 2 rings (SSSR count). The van der Waals surface area contributed by atoms with Gasteiger partial charge in [-0.1, -0.05) is 30.3 Å². The molecule has 1 heterocycles. The predicted molar refractivity (Wildman–Crippen MR) is 90.9 cm³/mol. The van der Waals surface area contributed by atoms with Gasteiger partial charge in [-0.2, -0.15) is 0 Å². The Morgan fingerprint density at radius 3 is 2.28 bits per heavy atom. The molecule has 0 bridgehead atoms. The molecule has 130 valence electrons. The van der Waals surface area contributed by atoms with Crippen LogP contribution < -0.4 is 10.6 Å². The molecule has 2 amide bonds. The third-order valence-corrected chi connectivity index (χ3v) is 3.58. The second kappa shape index (κ2) is 8.58. The van der Waals surface area contributed by atoms with Gasteiger partial charge in [-0.25, -0.2) is 0 Å². The van der Waals surface area contributed by atoms with Gasteiger partial charge in [0.05, 0.1) is 0 Å². The molecule has 7 heteroatoms. The molecule has 7 nitrogen and oxygen atoms in total. The number of rotatable bonds is 7. The van der Waals surface area contributed by atoms with Crippen molar-refractivity contribution in [2.75, 3.05) is 0 Å². The molecule has 3 N–H and O–H groups in total. The van der Waals surface area contributed by atoms with Gasteiger partial charge < -0.3 is 15.7 Å². The molecule has 2 aromatic rings. The molecule has 0 fully saturated rings. The zero-order chi connectivity index (χ0) is 18.2. The number of carboxylic acids is 1. The lowest BCUT2D eigenvalue weighted by atomic mass is 10.0. The van der Waals surface area contributed by atoms with Crippen LogP contribution in [0.5, 0.6) is 0 Å². The lowest BCUT2D eigenvalue weighted by Gasteiger charge is -2.20. The van der Waals surface area contributed by atoms with Gasteiger partial charge in [0.15, 0.2) is 0 Å². The van der Waals surface area contributed by atoms with E-state index in [4.69, 9.17) is 5.11 Å². The van der Waals surface area contributed by atoms with Crippen molar-refractivity contribution < 1.29 is 19.5 Å². The van der Waals surface area contributed by atoms with Crippen molar-refractivity contribution in [2.45, 2.75) is 25.4 Å². The first-order valence-corrected chi connectivity index (χ1v) is 7.75. The van der Waals surface area contributed by atoms with Crippen molar-refractivity contribution in [2.24, 2.45) is 0 Å². The highest BCUT2D eigenvalue weighted by Crippen LogP contribution is 2.06. The monoisotopic (exact) mass is 341 g/mol. The first-order chi connectivity index (χ1) is 12.0. The number of nitrogens with one attached hydrogen (secondary N) is 2. The highest BCUT2D eigenvalue weighted by molar-refractivity contribution is 5.98. The fourth-order valence-corrected chi connectivity index (χ4v) is 2.18. The molecule has 0 aliphatic carbocycles. The highest BCUT2D eigenvalue weighted by Gasteiger charge is 2.24. The molecular formula is C18H19N3O4. The van der Waals surface area contributed by atoms with E-state index in [2.05, 4.69) is 15.6 Å². The van der Waals surface area contributed by atoms with E-state index in [1.807, 2.05) is 30.3 Å². The first kappa shape index (κ1) is 18.1. The summed E-state index contributed by atoms with van der Waals surface area (Å²) in [5.74, 6) is -2.13. The fourth-order valence-electron chi connectivity index (χ4n) is 2.18. The summed E-state index contributed by atoms with van der Waals surface area (Å²) in [4.78, 5) is 39.6. The van der Waals surface area contributed by atoms with Crippen LogP contribution >= 0.6 is 0 Å². The molecule has 0 radical (unpaired) electrons. The summed E-state index contributed by atoms with van der Waals surface area (Å²) in [5.41, 5.74) is 1.22. The third kappa shape index (κ3) is 5.42. The van der Waals surface area contributed by atoms with E-state index in [1.54, 1.807) is 0 Å². The Labute approximate surface area is 145 Å². The van der Waals surface area contributed by atoms with Crippen LogP contribution in [0.2, 0.25) is 0 Å². The Kier molecular flexibility index (Phi) is 6.22. The number of carbonyl (C=O) groups is 3. The van der Waals surface area contributed by atoms with E-state index in [1.165, 1.54) is 31.5 Å². The summed E-state index contributed by atoms with van der Waals surface area (Å²) in [5, 5.41) is 14.0. The second-order valence-electron chi connectivity index (χ2n) is 5.52. The van der Waals surface area contributed by atoms with E-state index in [9.17, 15) is 14.4 Å². The number of hydrogen-bond acceptors (Lipinski definition) is 4. The van der Waals surface area contributed by atoms with Crippen molar-refractivity contribution in [1.29, 1.82) is 0 Å². The smallest absolute Gasteiger partial charge is 0.325 e. The molecular weight excluding hydrogens is 322 g/mol. The largest absolute Gasteiger partial charge is 0.480 e. The number of hydrogen-bond donors (Lipinski definition) is 3. The standard InChI is InChI=1S/C18H19N3O4/c1-12(18(24)25)20-17(23)15(11-13-5-3-2-4-6-13)21-16(22)14-7-9-19-10-8-14/h2-10,12,15H,11H2,1H3,(H,20,23)(H,21,22)(H,24,25)/t12-,15-/m0/s1. The zero-order valence-electron chi connectivity index (χ0n) is 13.7. The maximum Gasteiger partial charge on any atom is 0.325 e. The fraction of sp³-hybridized carbons (Fsp3) is 0.222. The van der Waals surface area contributed by atoms with Gasteiger partial charge in [-0.3, -0.25) is 19.4 Å². The normalized spacial score (nSPS) is 12.7. The predicted octanol–water partition coefficient (Wildman–Crippen LogP) is 1.01. The Hall–Kier alpha value is -3.22. The van der Waals surface area contributed by atoms with Crippen LogP contribution in [0, 0.1) is 0 Å². The van der Waals surface area contributed by atoms with Gasteiger partial charge in [0.1, 0.15) is 12.1 Å². The lowest BCUT2D eigenvalue weighted by Crippen LogP contribution is -2.51. The van der Waals surface area contributed by atoms with Gasteiger partial charge in [0.25, 0.3) is 5.91 Å². The number of aromatic nitrogens is 1. The molecule has 0 aliphatic rings. The van der Waals surface area contributed by atoms with Crippen LogP contribution in [-0.2, 0) is 16.0 Å². The minimum absolute atomic E-state index is 0.246. The van der Waals surface area contributed by atoms with Crippen LogP contribution in [0.15, 0.2) is 54.9 Å². The van der Waals surface area contributed by atoms with E-state index in [-0.39, 0.29) is 6.42 Å². The van der Waals surface area contributed by atoms with Crippen LogP contribution in [0.1, 0.15) is 22.8 Å². The SMILES string of the molecule is C[C@H](NC(=O)[C@H](Cc1ccccc1)NC(=O)c1ccncc1)C(=O)O. The minimum atomic E-state index is -1.15. The molecule has 1 aromatic heterocycles. The van der Waals surface area contributed by atoms with Crippen molar-refractivity contribution in [3.63, 3.8) is 0 Å². The Bertz CT molecular complexity index is 735. The molecule has 0 saturated carbocycles. The van der Waals surface area contributed by atoms with Gasteiger partial charge in [-0.15, -0.1) is 0 Å². The van der Waals surface area contributed by atoms with Crippen molar-refractivity contribution in [3.05, 3.63) is 66.0 Å². The second-order valence-corrected chi connectivity index (χ2v) is 5.52. The highest BCUT2D eigenvalue weighted by atomic mass is 16.4. The minimum Gasteiger partial charge on any atom is -0.480 e. The number of carbonyl (C=O) groups excluding carboxylic acids is 2. The quantitative estimate of drug-likeness (QED) is 0.696. The summed E-state index contributed by atoms with van der Waals surface area (Å²) in [6.45, 7) is 1.37. The van der Waals surface area contributed by atoms with Crippen LogP contribution in [-0.4, -0.2) is 40.0 Å². The number of amides is 2. The molecule has 0 saturated heterocycles.